The summed E-state index contributed by atoms with van der Waals surface area (Å²) >= 11 is 1.63. The van der Waals surface area contributed by atoms with Crippen molar-refractivity contribution in [3.05, 3.63) is 29.8 Å². The normalized spacial score (nSPS) is 12.9. The van der Waals surface area contributed by atoms with E-state index in [2.05, 4.69) is 5.32 Å². The molecule has 0 aliphatic carbocycles. The van der Waals surface area contributed by atoms with Crippen LogP contribution < -0.4 is 16.2 Å². The standard InChI is InChI=1S/C12H19N3O3S2/c1-19-6-5-11(13)12(16)15-8-9-3-2-4-10(7-9)20(14,17)18/h2-4,7,11H,5-6,8,13H2,1H3,(H,15,16)(H2,14,17,18)/t11-/m0/s1. The van der Waals surface area contributed by atoms with Gasteiger partial charge in [0.15, 0.2) is 0 Å². The first-order valence-corrected chi connectivity index (χ1v) is 8.92. The minimum absolute atomic E-state index is 0.0240. The van der Waals surface area contributed by atoms with E-state index in [4.69, 9.17) is 10.9 Å². The van der Waals surface area contributed by atoms with Gasteiger partial charge in [0.25, 0.3) is 0 Å². The topological polar surface area (TPSA) is 115 Å². The molecule has 0 aromatic heterocycles. The zero-order valence-corrected chi connectivity index (χ0v) is 12.8. The molecule has 8 heteroatoms. The van der Waals surface area contributed by atoms with E-state index in [1.165, 1.54) is 12.1 Å². The summed E-state index contributed by atoms with van der Waals surface area (Å²) in [5.74, 6) is 0.565. The molecule has 0 unspecified atom stereocenters. The lowest BCUT2D eigenvalue weighted by molar-refractivity contribution is -0.122. The molecule has 5 N–H and O–H groups in total. The Morgan fingerprint density at radius 1 is 1.45 bits per heavy atom. The largest absolute Gasteiger partial charge is 0.351 e. The van der Waals surface area contributed by atoms with Crippen LogP contribution in [-0.2, 0) is 21.4 Å². The van der Waals surface area contributed by atoms with Gasteiger partial charge in [-0.1, -0.05) is 12.1 Å². The highest BCUT2D eigenvalue weighted by molar-refractivity contribution is 7.98. The molecule has 0 spiro atoms. The first-order valence-electron chi connectivity index (χ1n) is 5.98. The van der Waals surface area contributed by atoms with Gasteiger partial charge in [-0.05, 0) is 36.1 Å². The van der Waals surface area contributed by atoms with Crippen LogP contribution in [0.4, 0.5) is 0 Å². The van der Waals surface area contributed by atoms with Gasteiger partial charge in [0.2, 0.25) is 15.9 Å². The van der Waals surface area contributed by atoms with Crippen molar-refractivity contribution in [1.29, 1.82) is 0 Å². The maximum Gasteiger partial charge on any atom is 0.238 e. The van der Waals surface area contributed by atoms with Crippen LogP contribution >= 0.6 is 11.8 Å². The molecule has 1 aromatic carbocycles. The van der Waals surface area contributed by atoms with Crippen LogP contribution in [-0.4, -0.2) is 32.4 Å². The molecule has 0 radical (unpaired) electrons. The third kappa shape index (κ3) is 5.49. The smallest absolute Gasteiger partial charge is 0.238 e. The fourth-order valence-electron chi connectivity index (χ4n) is 1.53. The van der Waals surface area contributed by atoms with E-state index in [1.807, 2.05) is 6.26 Å². The number of carbonyl (C=O) groups is 1. The number of nitrogens with one attached hydrogen (secondary N) is 1. The Balaban J connectivity index is 2.60. The number of sulfonamides is 1. The lowest BCUT2D eigenvalue weighted by atomic mass is 10.2. The van der Waals surface area contributed by atoms with Gasteiger partial charge in [-0.3, -0.25) is 4.79 Å². The average Bonchev–Trinajstić information content (AvgIpc) is 2.41. The Morgan fingerprint density at radius 2 is 2.15 bits per heavy atom. The van der Waals surface area contributed by atoms with Crippen molar-refractivity contribution in [1.82, 2.24) is 5.32 Å². The van der Waals surface area contributed by atoms with Crippen LogP contribution in [0.2, 0.25) is 0 Å². The second kappa shape index (κ2) is 7.63. The molecular weight excluding hydrogens is 298 g/mol. The van der Waals surface area contributed by atoms with Crippen molar-refractivity contribution in [2.75, 3.05) is 12.0 Å². The van der Waals surface area contributed by atoms with E-state index in [0.29, 0.717) is 12.0 Å². The number of carbonyl (C=O) groups excluding carboxylic acids is 1. The van der Waals surface area contributed by atoms with Crippen molar-refractivity contribution in [3.63, 3.8) is 0 Å². The van der Waals surface area contributed by atoms with Gasteiger partial charge in [0.05, 0.1) is 10.9 Å². The van der Waals surface area contributed by atoms with Crippen LogP contribution in [0.3, 0.4) is 0 Å². The number of primary sulfonamides is 1. The lowest BCUT2D eigenvalue weighted by Crippen LogP contribution is -2.40. The van der Waals surface area contributed by atoms with Gasteiger partial charge < -0.3 is 11.1 Å². The van der Waals surface area contributed by atoms with Crippen molar-refractivity contribution in [3.8, 4) is 0 Å². The summed E-state index contributed by atoms with van der Waals surface area (Å²) in [6, 6.07) is 5.58. The number of hydrogen-bond acceptors (Lipinski definition) is 5. The number of thioether (sulfide) groups is 1. The second-order valence-corrected chi connectivity index (χ2v) is 6.85. The number of nitrogens with two attached hydrogens (primary N) is 2. The Bertz CT molecular complexity index is 561. The molecule has 1 rings (SSSR count). The summed E-state index contributed by atoms with van der Waals surface area (Å²) in [5.41, 5.74) is 6.38. The highest BCUT2D eigenvalue weighted by atomic mass is 32.2. The Hall–Kier alpha value is -1.09. The van der Waals surface area contributed by atoms with E-state index in [0.717, 1.165) is 5.75 Å². The van der Waals surface area contributed by atoms with E-state index in [1.54, 1.807) is 23.9 Å². The molecular formula is C12H19N3O3S2. The van der Waals surface area contributed by atoms with Crippen LogP contribution in [0.1, 0.15) is 12.0 Å². The summed E-state index contributed by atoms with van der Waals surface area (Å²) in [7, 11) is -3.73. The zero-order chi connectivity index (χ0) is 15.2. The second-order valence-electron chi connectivity index (χ2n) is 4.30. The van der Waals surface area contributed by atoms with Crippen molar-refractivity contribution in [2.24, 2.45) is 10.9 Å². The Morgan fingerprint density at radius 3 is 2.75 bits per heavy atom. The molecule has 6 nitrogen and oxygen atoms in total. The van der Waals surface area contributed by atoms with E-state index >= 15 is 0 Å². The third-order valence-corrected chi connectivity index (χ3v) is 4.22. The molecule has 112 valence electrons. The summed E-state index contributed by atoms with van der Waals surface area (Å²) < 4.78 is 22.4. The lowest BCUT2D eigenvalue weighted by Gasteiger charge is -2.12. The van der Waals surface area contributed by atoms with Gasteiger partial charge in [0.1, 0.15) is 0 Å². The number of hydrogen-bond donors (Lipinski definition) is 3. The maximum atomic E-state index is 11.7. The molecule has 0 fully saturated rings. The molecule has 0 saturated carbocycles. The van der Waals surface area contributed by atoms with Gasteiger partial charge in [-0.15, -0.1) is 0 Å². The molecule has 0 heterocycles. The van der Waals surface area contributed by atoms with E-state index < -0.39 is 16.1 Å². The molecule has 0 bridgehead atoms. The molecule has 0 aliphatic heterocycles. The molecule has 1 aromatic rings. The number of benzene rings is 1. The number of rotatable bonds is 7. The first-order chi connectivity index (χ1) is 9.34. The summed E-state index contributed by atoms with van der Waals surface area (Å²) in [5, 5.41) is 7.72. The van der Waals surface area contributed by atoms with Crippen molar-refractivity contribution >= 4 is 27.7 Å². The van der Waals surface area contributed by atoms with Gasteiger partial charge in [-0.25, -0.2) is 13.6 Å². The maximum absolute atomic E-state index is 11.7. The first kappa shape index (κ1) is 17.0. The predicted octanol–water partition coefficient (Wildman–Crippen LogP) is 0.0306. The van der Waals surface area contributed by atoms with Crippen molar-refractivity contribution < 1.29 is 13.2 Å². The fraction of sp³-hybridized carbons (Fsp3) is 0.417. The van der Waals surface area contributed by atoms with Gasteiger partial charge in [0, 0.05) is 6.54 Å². The molecule has 1 atom stereocenters. The summed E-state index contributed by atoms with van der Waals surface area (Å²) in [6.07, 6.45) is 2.55. The summed E-state index contributed by atoms with van der Waals surface area (Å²) in [4.78, 5) is 11.7. The minimum atomic E-state index is -3.73. The van der Waals surface area contributed by atoms with Crippen molar-refractivity contribution in [2.45, 2.75) is 23.9 Å². The predicted molar refractivity (Wildman–Crippen MR) is 80.6 cm³/mol. The molecule has 0 saturated heterocycles. The quantitative estimate of drug-likeness (QED) is 0.656. The average molecular weight is 317 g/mol. The van der Waals surface area contributed by atoms with Crippen LogP contribution in [0, 0.1) is 0 Å². The fourth-order valence-corrected chi connectivity index (χ4v) is 2.60. The Labute approximate surface area is 123 Å². The summed E-state index contributed by atoms with van der Waals surface area (Å²) in [6.45, 7) is 0.217. The van der Waals surface area contributed by atoms with E-state index in [-0.39, 0.29) is 17.3 Å². The minimum Gasteiger partial charge on any atom is -0.351 e. The van der Waals surface area contributed by atoms with Crippen LogP contribution in [0.25, 0.3) is 0 Å². The number of amides is 1. The highest BCUT2D eigenvalue weighted by Crippen LogP contribution is 2.09. The van der Waals surface area contributed by atoms with Gasteiger partial charge >= 0.3 is 0 Å². The molecule has 0 aliphatic rings. The highest BCUT2D eigenvalue weighted by Gasteiger charge is 2.13. The molecule has 20 heavy (non-hydrogen) atoms. The van der Waals surface area contributed by atoms with Gasteiger partial charge in [-0.2, -0.15) is 11.8 Å². The van der Waals surface area contributed by atoms with E-state index in [9.17, 15) is 13.2 Å². The Kier molecular flexibility index (Phi) is 6.47. The molecule has 1 amide bonds. The monoisotopic (exact) mass is 317 g/mol. The SMILES string of the molecule is CSCC[C@H](N)C(=O)NCc1cccc(S(N)(=O)=O)c1. The van der Waals surface area contributed by atoms with Crippen LogP contribution in [0.5, 0.6) is 0 Å². The zero-order valence-electron chi connectivity index (χ0n) is 11.2. The van der Waals surface area contributed by atoms with Crippen LogP contribution in [0.15, 0.2) is 29.2 Å². The third-order valence-electron chi connectivity index (χ3n) is 2.66.